The van der Waals surface area contributed by atoms with Gasteiger partial charge in [0.05, 0.1) is 11.4 Å². The van der Waals surface area contributed by atoms with Crippen LogP contribution in [-0.2, 0) is 4.79 Å². The van der Waals surface area contributed by atoms with Gasteiger partial charge in [0.15, 0.2) is 11.5 Å². The minimum absolute atomic E-state index is 0.118. The molecule has 3 N–H and O–H groups in total. The first-order valence-corrected chi connectivity index (χ1v) is 5.02. The molecule has 1 aliphatic rings. The van der Waals surface area contributed by atoms with Crippen LogP contribution < -0.4 is 15.2 Å². The number of carboxylic acid groups (broad SMARTS) is 1. The molecule has 0 aromatic heterocycles. The molecule has 0 spiro atoms. The molecule has 5 nitrogen and oxygen atoms in total. The summed E-state index contributed by atoms with van der Waals surface area (Å²) in [5, 5.41) is 9.02. The van der Waals surface area contributed by atoms with Crippen LogP contribution >= 0.6 is 11.6 Å². The number of rotatable bonds is 3. The van der Waals surface area contributed by atoms with Crippen molar-refractivity contribution in [1.29, 1.82) is 0 Å². The Balaban J connectivity index is 2.29. The average molecular weight is 244 g/mol. The summed E-state index contributed by atoms with van der Waals surface area (Å²) in [5.41, 5.74) is 6.34. The number of aliphatic carboxylic acids is 1. The Morgan fingerprint density at radius 3 is 3.00 bits per heavy atom. The van der Waals surface area contributed by atoms with Gasteiger partial charge < -0.3 is 20.3 Å². The smallest absolute Gasteiger partial charge is 0.305 e. The standard InChI is InChI=1S/C10H10ClNO4/c11-6-1-5(7(12)3-9(13)14)2-8-10(6)16-4-15-8/h1-2,7H,3-4,12H2,(H,13,14). The second kappa shape index (κ2) is 4.19. The molecule has 1 unspecified atom stereocenters. The van der Waals surface area contributed by atoms with Gasteiger partial charge in [-0.25, -0.2) is 0 Å². The van der Waals surface area contributed by atoms with Crippen molar-refractivity contribution in [2.24, 2.45) is 5.73 Å². The lowest BCUT2D eigenvalue weighted by molar-refractivity contribution is -0.137. The molecule has 1 aliphatic heterocycles. The molecule has 86 valence electrons. The number of hydrogen-bond acceptors (Lipinski definition) is 4. The highest BCUT2D eigenvalue weighted by Crippen LogP contribution is 2.41. The van der Waals surface area contributed by atoms with Crippen LogP contribution in [0.2, 0.25) is 5.02 Å². The fourth-order valence-electron chi connectivity index (χ4n) is 1.51. The second-order valence-corrected chi connectivity index (χ2v) is 3.85. The summed E-state index contributed by atoms with van der Waals surface area (Å²) in [7, 11) is 0. The predicted octanol–water partition coefficient (Wildman–Crippen LogP) is 1.54. The summed E-state index contributed by atoms with van der Waals surface area (Å²) in [6.45, 7) is 0.118. The number of hydrogen-bond donors (Lipinski definition) is 2. The Morgan fingerprint density at radius 2 is 2.31 bits per heavy atom. The summed E-state index contributed by atoms with van der Waals surface area (Å²) >= 11 is 5.95. The van der Waals surface area contributed by atoms with Crippen LogP contribution in [0, 0.1) is 0 Å². The molecule has 0 radical (unpaired) electrons. The molecule has 1 aromatic carbocycles. The second-order valence-electron chi connectivity index (χ2n) is 3.44. The number of fused-ring (bicyclic) bond motifs is 1. The summed E-state index contributed by atoms with van der Waals surface area (Å²) in [5.74, 6) is 0.0255. The van der Waals surface area contributed by atoms with Crippen molar-refractivity contribution >= 4 is 17.6 Å². The predicted molar refractivity (Wildman–Crippen MR) is 56.8 cm³/mol. The minimum atomic E-state index is -0.957. The Bertz CT molecular complexity index is 435. The number of halogens is 1. The van der Waals surface area contributed by atoms with E-state index in [0.29, 0.717) is 22.1 Å². The van der Waals surface area contributed by atoms with Crippen LogP contribution in [0.1, 0.15) is 18.0 Å². The van der Waals surface area contributed by atoms with E-state index in [1.54, 1.807) is 12.1 Å². The Kier molecular flexibility index (Phi) is 2.89. The van der Waals surface area contributed by atoms with Crippen LogP contribution in [0.15, 0.2) is 12.1 Å². The van der Waals surface area contributed by atoms with Crippen molar-refractivity contribution in [1.82, 2.24) is 0 Å². The summed E-state index contributed by atoms with van der Waals surface area (Å²) in [6, 6.07) is 2.65. The molecule has 2 rings (SSSR count). The molecular weight excluding hydrogens is 234 g/mol. The van der Waals surface area contributed by atoms with Crippen LogP contribution in [0.4, 0.5) is 0 Å². The lowest BCUT2D eigenvalue weighted by atomic mass is 10.0. The van der Waals surface area contributed by atoms with Gasteiger partial charge in [-0.15, -0.1) is 0 Å². The molecular formula is C10H10ClNO4. The van der Waals surface area contributed by atoms with Crippen molar-refractivity contribution in [2.75, 3.05) is 6.79 Å². The van der Waals surface area contributed by atoms with E-state index >= 15 is 0 Å². The highest BCUT2D eigenvalue weighted by Gasteiger charge is 2.21. The highest BCUT2D eigenvalue weighted by atomic mass is 35.5. The number of benzene rings is 1. The molecule has 1 atom stereocenters. The topological polar surface area (TPSA) is 81.8 Å². The van der Waals surface area contributed by atoms with E-state index < -0.39 is 12.0 Å². The number of ether oxygens (including phenoxy) is 2. The zero-order chi connectivity index (χ0) is 11.7. The van der Waals surface area contributed by atoms with Gasteiger partial charge in [-0.2, -0.15) is 0 Å². The minimum Gasteiger partial charge on any atom is -0.481 e. The third-order valence-electron chi connectivity index (χ3n) is 2.27. The van der Waals surface area contributed by atoms with Gasteiger partial charge in [-0.1, -0.05) is 11.6 Å². The van der Waals surface area contributed by atoms with Crippen LogP contribution in [-0.4, -0.2) is 17.9 Å². The van der Waals surface area contributed by atoms with E-state index in [9.17, 15) is 4.79 Å². The Hall–Kier alpha value is -1.46. The number of carboxylic acids is 1. The Morgan fingerprint density at radius 1 is 1.56 bits per heavy atom. The molecule has 0 saturated heterocycles. The Labute approximate surface area is 96.7 Å². The average Bonchev–Trinajstić information content (AvgIpc) is 2.64. The lowest BCUT2D eigenvalue weighted by Crippen LogP contribution is -2.14. The summed E-state index contributed by atoms with van der Waals surface area (Å²) < 4.78 is 10.3. The maximum Gasteiger partial charge on any atom is 0.305 e. The van der Waals surface area contributed by atoms with Crippen molar-refractivity contribution in [2.45, 2.75) is 12.5 Å². The molecule has 6 heteroatoms. The van der Waals surface area contributed by atoms with Gasteiger partial charge in [0.1, 0.15) is 0 Å². The zero-order valence-corrected chi connectivity index (χ0v) is 9.03. The number of nitrogens with two attached hydrogens (primary N) is 1. The molecule has 1 aromatic rings. The molecule has 0 fully saturated rings. The fourth-order valence-corrected chi connectivity index (χ4v) is 1.78. The first-order chi connectivity index (χ1) is 7.58. The van der Waals surface area contributed by atoms with Gasteiger partial charge in [0.2, 0.25) is 6.79 Å². The molecule has 0 bridgehead atoms. The lowest BCUT2D eigenvalue weighted by Gasteiger charge is -2.10. The van der Waals surface area contributed by atoms with Crippen molar-refractivity contribution in [3.63, 3.8) is 0 Å². The zero-order valence-electron chi connectivity index (χ0n) is 8.27. The first kappa shape index (κ1) is 11.0. The van der Waals surface area contributed by atoms with E-state index in [-0.39, 0.29) is 13.2 Å². The van der Waals surface area contributed by atoms with Gasteiger partial charge in [-0.3, -0.25) is 4.79 Å². The van der Waals surface area contributed by atoms with E-state index in [1.807, 2.05) is 0 Å². The monoisotopic (exact) mass is 243 g/mol. The summed E-state index contributed by atoms with van der Waals surface area (Å²) in [4.78, 5) is 10.5. The van der Waals surface area contributed by atoms with Crippen LogP contribution in [0.3, 0.4) is 0 Å². The van der Waals surface area contributed by atoms with Crippen molar-refractivity contribution in [3.8, 4) is 11.5 Å². The van der Waals surface area contributed by atoms with Crippen molar-refractivity contribution in [3.05, 3.63) is 22.7 Å². The summed E-state index contributed by atoms with van der Waals surface area (Å²) in [6.07, 6.45) is -0.157. The third kappa shape index (κ3) is 2.05. The fraction of sp³-hybridized carbons (Fsp3) is 0.300. The van der Waals surface area contributed by atoms with Gasteiger partial charge in [-0.05, 0) is 17.7 Å². The normalized spacial score (nSPS) is 14.9. The third-order valence-corrected chi connectivity index (χ3v) is 2.55. The molecule has 0 aliphatic carbocycles. The maximum absolute atomic E-state index is 10.5. The van der Waals surface area contributed by atoms with Crippen molar-refractivity contribution < 1.29 is 19.4 Å². The highest BCUT2D eigenvalue weighted by molar-refractivity contribution is 6.32. The molecule has 1 heterocycles. The van der Waals surface area contributed by atoms with E-state index in [2.05, 4.69) is 0 Å². The van der Waals surface area contributed by atoms with Crippen LogP contribution in [0.25, 0.3) is 0 Å². The quantitative estimate of drug-likeness (QED) is 0.842. The van der Waals surface area contributed by atoms with E-state index in [0.717, 1.165) is 0 Å². The molecule has 0 amide bonds. The number of carbonyl (C=O) groups is 1. The van der Waals surface area contributed by atoms with Gasteiger partial charge in [0.25, 0.3) is 0 Å². The first-order valence-electron chi connectivity index (χ1n) is 4.64. The van der Waals surface area contributed by atoms with Gasteiger partial charge >= 0.3 is 5.97 Å². The molecule has 0 saturated carbocycles. The SMILES string of the molecule is NC(CC(=O)O)c1cc(Cl)c2c(c1)OCO2. The van der Waals surface area contributed by atoms with E-state index in [4.69, 9.17) is 31.9 Å². The van der Waals surface area contributed by atoms with Crippen LogP contribution in [0.5, 0.6) is 11.5 Å². The van der Waals surface area contributed by atoms with Gasteiger partial charge in [0, 0.05) is 6.04 Å². The molecule has 16 heavy (non-hydrogen) atoms. The van der Waals surface area contributed by atoms with E-state index in [1.165, 1.54) is 0 Å². The largest absolute Gasteiger partial charge is 0.481 e. The maximum atomic E-state index is 10.5.